The molecule has 2 N–H and O–H groups in total. The fourth-order valence-corrected chi connectivity index (χ4v) is 1.12. The van der Waals surface area contributed by atoms with Crippen LogP contribution in [0, 0.1) is 5.92 Å². The Hall–Kier alpha value is -1.32. The van der Waals surface area contributed by atoms with E-state index in [4.69, 9.17) is 5.73 Å². The van der Waals surface area contributed by atoms with Crippen LogP contribution in [0.3, 0.4) is 0 Å². The lowest BCUT2D eigenvalue weighted by Gasteiger charge is -2.18. The summed E-state index contributed by atoms with van der Waals surface area (Å²) in [6.45, 7) is 5.40. The van der Waals surface area contributed by atoms with E-state index in [1.807, 2.05) is 7.05 Å². The molecular formula is C10H18N4. The standard InChI is InChI=1S/C10H18N4/c1-8(2)4-5-14(3)10-7-12-6-9(11)13-10/h6-8H,4-5H2,1-3H3,(H2,11,13). The molecule has 0 aliphatic carbocycles. The second-order valence-electron chi connectivity index (χ2n) is 3.91. The Morgan fingerprint density at radius 3 is 2.71 bits per heavy atom. The number of rotatable bonds is 4. The van der Waals surface area contributed by atoms with Crippen molar-refractivity contribution in [2.24, 2.45) is 5.92 Å². The lowest BCUT2D eigenvalue weighted by atomic mass is 10.1. The third-order valence-electron chi connectivity index (χ3n) is 2.07. The van der Waals surface area contributed by atoms with Crippen LogP contribution in [-0.2, 0) is 0 Å². The van der Waals surface area contributed by atoms with Crippen LogP contribution in [0.5, 0.6) is 0 Å². The first-order valence-corrected chi connectivity index (χ1v) is 4.88. The van der Waals surface area contributed by atoms with Crippen molar-refractivity contribution in [3.63, 3.8) is 0 Å². The number of aromatic nitrogens is 2. The predicted octanol–water partition coefficient (Wildman–Crippen LogP) is 1.54. The zero-order chi connectivity index (χ0) is 10.6. The van der Waals surface area contributed by atoms with Crippen LogP contribution < -0.4 is 10.6 Å². The summed E-state index contributed by atoms with van der Waals surface area (Å²) in [7, 11) is 2.01. The van der Waals surface area contributed by atoms with Crippen LogP contribution >= 0.6 is 0 Å². The van der Waals surface area contributed by atoms with Gasteiger partial charge < -0.3 is 10.6 Å². The molecule has 0 unspecified atom stereocenters. The number of hydrogen-bond donors (Lipinski definition) is 1. The Kier molecular flexibility index (Phi) is 3.68. The van der Waals surface area contributed by atoms with Crippen LogP contribution in [0.15, 0.2) is 12.4 Å². The van der Waals surface area contributed by atoms with E-state index in [1.54, 1.807) is 12.4 Å². The van der Waals surface area contributed by atoms with Crippen LogP contribution in [0.1, 0.15) is 20.3 Å². The highest BCUT2D eigenvalue weighted by Gasteiger charge is 2.03. The van der Waals surface area contributed by atoms with E-state index in [0.29, 0.717) is 11.7 Å². The highest BCUT2D eigenvalue weighted by atomic mass is 15.2. The van der Waals surface area contributed by atoms with Crippen molar-refractivity contribution in [3.8, 4) is 0 Å². The Labute approximate surface area is 85.2 Å². The van der Waals surface area contributed by atoms with E-state index in [1.165, 1.54) is 0 Å². The monoisotopic (exact) mass is 194 g/mol. The van der Waals surface area contributed by atoms with E-state index in [9.17, 15) is 0 Å². The van der Waals surface area contributed by atoms with Gasteiger partial charge in [0.15, 0.2) is 0 Å². The van der Waals surface area contributed by atoms with Gasteiger partial charge in [-0.05, 0) is 12.3 Å². The second kappa shape index (κ2) is 4.79. The Bertz CT molecular complexity index is 285. The van der Waals surface area contributed by atoms with E-state index in [2.05, 4.69) is 28.7 Å². The Balaban J connectivity index is 2.56. The molecule has 0 aliphatic heterocycles. The van der Waals surface area contributed by atoms with Crippen molar-refractivity contribution in [2.75, 3.05) is 24.2 Å². The summed E-state index contributed by atoms with van der Waals surface area (Å²) >= 11 is 0. The topological polar surface area (TPSA) is 55.0 Å². The maximum absolute atomic E-state index is 5.55. The lowest BCUT2D eigenvalue weighted by Crippen LogP contribution is -2.21. The maximum atomic E-state index is 5.55. The fourth-order valence-electron chi connectivity index (χ4n) is 1.12. The van der Waals surface area contributed by atoms with Gasteiger partial charge >= 0.3 is 0 Å². The van der Waals surface area contributed by atoms with Gasteiger partial charge in [-0.3, -0.25) is 4.98 Å². The highest BCUT2D eigenvalue weighted by Crippen LogP contribution is 2.10. The summed E-state index contributed by atoms with van der Waals surface area (Å²) in [5, 5.41) is 0. The van der Waals surface area contributed by atoms with Gasteiger partial charge in [0.25, 0.3) is 0 Å². The molecule has 0 fully saturated rings. The number of anilines is 2. The zero-order valence-electron chi connectivity index (χ0n) is 9.07. The summed E-state index contributed by atoms with van der Waals surface area (Å²) in [6, 6.07) is 0. The molecule has 1 aromatic rings. The maximum Gasteiger partial charge on any atom is 0.149 e. The van der Waals surface area contributed by atoms with E-state index < -0.39 is 0 Å². The van der Waals surface area contributed by atoms with Crippen molar-refractivity contribution in [1.82, 2.24) is 9.97 Å². The van der Waals surface area contributed by atoms with Gasteiger partial charge in [0.1, 0.15) is 11.6 Å². The molecule has 4 heteroatoms. The largest absolute Gasteiger partial charge is 0.382 e. The smallest absolute Gasteiger partial charge is 0.149 e. The molecule has 0 aliphatic rings. The fraction of sp³-hybridized carbons (Fsp3) is 0.600. The quantitative estimate of drug-likeness (QED) is 0.790. The highest BCUT2D eigenvalue weighted by molar-refractivity contribution is 5.40. The van der Waals surface area contributed by atoms with Crippen molar-refractivity contribution < 1.29 is 0 Å². The summed E-state index contributed by atoms with van der Waals surface area (Å²) < 4.78 is 0. The van der Waals surface area contributed by atoms with Crippen molar-refractivity contribution in [3.05, 3.63) is 12.4 Å². The van der Waals surface area contributed by atoms with Gasteiger partial charge in [0, 0.05) is 13.6 Å². The number of nitrogen functional groups attached to an aromatic ring is 1. The molecule has 0 atom stereocenters. The predicted molar refractivity (Wildman–Crippen MR) is 59.2 cm³/mol. The van der Waals surface area contributed by atoms with Crippen molar-refractivity contribution in [1.29, 1.82) is 0 Å². The average molecular weight is 194 g/mol. The number of nitrogens with two attached hydrogens (primary N) is 1. The molecule has 0 aromatic carbocycles. The molecule has 0 saturated carbocycles. The molecule has 0 spiro atoms. The normalized spacial score (nSPS) is 10.6. The summed E-state index contributed by atoms with van der Waals surface area (Å²) in [6.07, 6.45) is 4.43. The SMILES string of the molecule is CC(C)CCN(C)c1cncc(N)n1. The summed E-state index contributed by atoms with van der Waals surface area (Å²) in [4.78, 5) is 10.3. The Morgan fingerprint density at radius 2 is 2.14 bits per heavy atom. The van der Waals surface area contributed by atoms with E-state index in [-0.39, 0.29) is 0 Å². The molecule has 0 bridgehead atoms. The average Bonchev–Trinajstić information content (AvgIpc) is 2.14. The minimum Gasteiger partial charge on any atom is -0.382 e. The molecule has 0 radical (unpaired) electrons. The summed E-state index contributed by atoms with van der Waals surface area (Å²) in [5.41, 5.74) is 5.55. The summed E-state index contributed by atoms with van der Waals surface area (Å²) in [5.74, 6) is 2.01. The van der Waals surface area contributed by atoms with Gasteiger partial charge in [0.05, 0.1) is 12.4 Å². The minimum absolute atomic E-state index is 0.471. The first kappa shape index (κ1) is 10.8. The molecule has 1 heterocycles. The molecule has 4 nitrogen and oxygen atoms in total. The van der Waals surface area contributed by atoms with Crippen LogP contribution in [-0.4, -0.2) is 23.6 Å². The molecule has 78 valence electrons. The zero-order valence-corrected chi connectivity index (χ0v) is 9.07. The number of nitrogens with zero attached hydrogens (tertiary/aromatic N) is 3. The Morgan fingerprint density at radius 1 is 1.43 bits per heavy atom. The van der Waals surface area contributed by atoms with Gasteiger partial charge in [-0.25, -0.2) is 4.98 Å². The van der Waals surface area contributed by atoms with E-state index in [0.717, 1.165) is 18.8 Å². The third-order valence-corrected chi connectivity index (χ3v) is 2.07. The van der Waals surface area contributed by atoms with Gasteiger partial charge in [0.2, 0.25) is 0 Å². The van der Waals surface area contributed by atoms with Crippen LogP contribution in [0.4, 0.5) is 11.6 Å². The number of hydrogen-bond acceptors (Lipinski definition) is 4. The van der Waals surface area contributed by atoms with Gasteiger partial charge in [-0.1, -0.05) is 13.8 Å². The molecule has 1 aromatic heterocycles. The van der Waals surface area contributed by atoms with Crippen LogP contribution in [0.2, 0.25) is 0 Å². The molecule has 0 saturated heterocycles. The molecule has 0 amide bonds. The van der Waals surface area contributed by atoms with Gasteiger partial charge in [-0.15, -0.1) is 0 Å². The van der Waals surface area contributed by atoms with Crippen molar-refractivity contribution >= 4 is 11.6 Å². The second-order valence-corrected chi connectivity index (χ2v) is 3.91. The van der Waals surface area contributed by atoms with Crippen LogP contribution in [0.25, 0.3) is 0 Å². The van der Waals surface area contributed by atoms with Crippen molar-refractivity contribution in [2.45, 2.75) is 20.3 Å². The minimum atomic E-state index is 0.471. The lowest BCUT2D eigenvalue weighted by molar-refractivity contribution is 0.583. The van der Waals surface area contributed by atoms with Gasteiger partial charge in [-0.2, -0.15) is 0 Å². The third kappa shape index (κ3) is 3.20. The molecule has 1 rings (SSSR count). The first-order valence-electron chi connectivity index (χ1n) is 4.88. The molecular weight excluding hydrogens is 176 g/mol. The first-order chi connectivity index (χ1) is 6.59. The molecule has 14 heavy (non-hydrogen) atoms. The van der Waals surface area contributed by atoms with E-state index >= 15 is 0 Å².